The van der Waals surface area contributed by atoms with Crippen molar-refractivity contribution in [3.05, 3.63) is 42.5 Å². The molecule has 0 saturated carbocycles. The van der Waals surface area contributed by atoms with Gasteiger partial charge in [-0.25, -0.2) is 4.21 Å². The number of rotatable bonds is 2. The van der Waals surface area contributed by atoms with Crippen LogP contribution in [0.4, 0.5) is 0 Å². The first kappa shape index (κ1) is 9.37. The van der Waals surface area contributed by atoms with Crippen LogP contribution >= 0.6 is 0 Å². The van der Waals surface area contributed by atoms with Crippen molar-refractivity contribution < 1.29 is 8.39 Å². The fraction of sp³-hybridized carbons (Fsp3) is 0.0909. The van der Waals surface area contributed by atoms with Crippen LogP contribution in [-0.2, 0) is 15.3 Å². The molecule has 2 nitrogen and oxygen atoms in total. The Morgan fingerprint density at radius 1 is 1.07 bits per heavy atom. The Balaban J connectivity index is 2.56. The molecule has 14 heavy (non-hydrogen) atoms. The van der Waals surface area contributed by atoms with Crippen molar-refractivity contribution in [3.63, 3.8) is 0 Å². The minimum atomic E-state index is -1.35. The van der Waals surface area contributed by atoms with Gasteiger partial charge in [-0.1, -0.05) is 30.3 Å². The molecule has 0 aliphatic heterocycles. The lowest BCUT2D eigenvalue weighted by Crippen LogP contribution is -1.92. The van der Waals surface area contributed by atoms with Crippen LogP contribution in [0.3, 0.4) is 0 Å². The second-order valence-electron chi connectivity index (χ2n) is 2.91. The van der Waals surface area contributed by atoms with Crippen molar-refractivity contribution in [2.75, 3.05) is 7.11 Å². The molecule has 2 aromatic rings. The molecule has 0 saturated heterocycles. The SMILES string of the molecule is CO[S@@](=O)c1ccc2ccccc2c1. The summed E-state index contributed by atoms with van der Waals surface area (Å²) in [5.41, 5.74) is 0. The van der Waals surface area contributed by atoms with E-state index in [1.165, 1.54) is 7.11 Å². The molecule has 1 atom stereocenters. The first-order valence-electron chi connectivity index (χ1n) is 4.26. The minimum absolute atomic E-state index is 0.700. The molecule has 0 spiro atoms. The van der Waals surface area contributed by atoms with Crippen molar-refractivity contribution in [2.24, 2.45) is 0 Å². The van der Waals surface area contributed by atoms with E-state index in [1.807, 2.05) is 42.5 Å². The van der Waals surface area contributed by atoms with Gasteiger partial charge in [0.2, 0.25) is 0 Å². The second-order valence-corrected chi connectivity index (χ2v) is 4.18. The first-order valence-corrected chi connectivity index (χ1v) is 5.34. The van der Waals surface area contributed by atoms with Gasteiger partial charge < -0.3 is 0 Å². The molecule has 0 heterocycles. The monoisotopic (exact) mass is 206 g/mol. The maximum atomic E-state index is 11.3. The third-order valence-electron chi connectivity index (χ3n) is 2.06. The molecule has 0 amide bonds. The molecule has 0 N–H and O–H groups in total. The van der Waals surface area contributed by atoms with Crippen molar-refractivity contribution in [1.82, 2.24) is 0 Å². The quantitative estimate of drug-likeness (QED) is 0.754. The average molecular weight is 206 g/mol. The molecule has 0 fully saturated rings. The fourth-order valence-corrected chi connectivity index (χ4v) is 1.96. The van der Waals surface area contributed by atoms with E-state index in [9.17, 15) is 4.21 Å². The molecular formula is C11H10O2S. The van der Waals surface area contributed by atoms with Gasteiger partial charge in [0.25, 0.3) is 0 Å². The summed E-state index contributed by atoms with van der Waals surface area (Å²) in [6.07, 6.45) is 0. The van der Waals surface area contributed by atoms with Gasteiger partial charge in [0.05, 0.1) is 12.0 Å². The van der Waals surface area contributed by atoms with Crippen LogP contribution in [-0.4, -0.2) is 11.3 Å². The summed E-state index contributed by atoms with van der Waals surface area (Å²) in [5, 5.41) is 2.22. The third-order valence-corrected chi connectivity index (χ3v) is 3.01. The highest BCUT2D eigenvalue weighted by Crippen LogP contribution is 2.17. The smallest absolute Gasteiger partial charge is 0.188 e. The van der Waals surface area contributed by atoms with Crippen LogP contribution in [0.15, 0.2) is 47.4 Å². The Hall–Kier alpha value is -1.19. The summed E-state index contributed by atoms with van der Waals surface area (Å²) < 4.78 is 16.1. The Labute approximate surface area is 85.2 Å². The van der Waals surface area contributed by atoms with E-state index in [4.69, 9.17) is 4.18 Å². The largest absolute Gasteiger partial charge is 0.290 e. The van der Waals surface area contributed by atoms with Crippen LogP contribution < -0.4 is 0 Å². The standard InChI is InChI=1S/C11H10O2S/c1-13-14(12)11-7-6-9-4-2-3-5-10(9)8-11/h2-8H,1H3/t14-/m1/s1. The summed E-state index contributed by atoms with van der Waals surface area (Å²) in [4.78, 5) is 0.700. The lowest BCUT2D eigenvalue weighted by atomic mass is 10.1. The Morgan fingerprint density at radius 3 is 2.50 bits per heavy atom. The normalized spacial score (nSPS) is 12.9. The lowest BCUT2D eigenvalue weighted by Gasteiger charge is -2.01. The van der Waals surface area contributed by atoms with Gasteiger partial charge in [-0.05, 0) is 22.9 Å². The fourth-order valence-electron chi connectivity index (χ4n) is 1.37. The third kappa shape index (κ3) is 1.69. The molecule has 3 heteroatoms. The highest BCUT2D eigenvalue weighted by Gasteiger charge is 2.02. The van der Waals surface area contributed by atoms with Gasteiger partial charge in [0, 0.05) is 0 Å². The molecule has 0 radical (unpaired) electrons. The number of hydrogen-bond acceptors (Lipinski definition) is 2. The number of benzene rings is 2. The van der Waals surface area contributed by atoms with Crippen LogP contribution in [0.5, 0.6) is 0 Å². The summed E-state index contributed by atoms with van der Waals surface area (Å²) in [5.74, 6) is 0. The molecule has 2 rings (SSSR count). The maximum absolute atomic E-state index is 11.3. The van der Waals surface area contributed by atoms with E-state index in [1.54, 1.807) is 0 Å². The van der Waals surface area contributed by atoms with Crippen LogP contribution in [0, 0.1) is 0 Å². The summed E-state index contributed by atoms with van der Waals surface area (Å²) in [7, 11) is 1.44. The predicted molar refractivity (Wildman–Crippen MR) is 57.4 cm³/mol. The van der Waals surface area contributed by atoms with E-state index >= 15 is 0 Å². The predicted octanol–water partition coefficient (Wildman–Crippen LogP) is 2.51. The van der Waals surface area contributed by atoms with E-state index in [0.717, 1.165) is 10.8 Å². The average Bonchev–Trinajstić information content (AvgIpc) is 2.27. The van der Waals surface area contributed by atoms with Crippen LogP contribution in [0.2, 0.25) is 0 Å². The van der Waals surface area contributed by atoms with Crippen LogP contribution in [0.1, 0.15) is 0 Å². The second kappa shape index (κ2) is 3.90. The number of hydrogen-bond donors (Lipinski definition) is 0. The Morgan fingerprint density at radius 2 is 1.79 bits per heavy atom. The van der Waals surface area contributed by atoms with Crippen molar-refractivity contribution in [2.45, 2.75) is 4.90 Å². The zero-order valence-electron chi connectivity index (χ0n) is 7.77. The Bertz CT molecular complexity index is 479. The molecule has 2 aromatic carbocycles. The van der Waals surface area contributed by atoms with Gasteiger partial charge in [-0.2, -0.15) is 0 Å². The van der Waals surface area contributed by atoms with Gasteiger partial charge in [-0.15, -0.1) is 0 Å². The van der Waals surface area contributed by atoms with E-state index < -0.39 is 11.1 Å². The molecule has 0 aliphatic rings. The highest BCUT2D eigenvalue weighted by atomic mass is 32.2. The summed E-state index contributed by atoms with van der Waals surface area (Å²) in [6.45, 7) is 0. The summed E-state index contributed by atoms with van der Waals surface area (Å²) in [6, 6.07) is 13.6. The van der Waals surface area contributed by atoms with Crippen LogP contribution in [0.25, 0.3) is 10.8 Å². The molecule has 0 unspecified atom stereocenters. The van der Waals surface area contributed by atoms with Gasteiger partial charge in [-0.3, -0.25) is 4.18 Å². The van der Waals surface area contributed by atoms with Crippen molar-refractivity contribution >= 4 is 21.9 Å². The van der Waals surface area contributed by atoms with Gasteiger partial charge in [0.15, 0.2) is 11.1 Å². The lowest BCUT2D eigenvalue weighted by molar-refractivity contribution is 0.446. The Kier molecular flexibility index (Phi) is 2.61. The molecule has 0 aliphatic carbocycles. The minimum Gasteiger partial charge on any atom is -0.290 e. The molecular weight excluding hydrogens is 196 g/mol. The molecule has 0 bridgehead atoms. The van der Waals surface area contributed by atoms with Crippen molar-refractivity contribution in [1.29, 1.82) is 0 Å². The topological polar surface area (TPSA) is 26.3 Å². The van der Waals surface area contributed by atoms with Crippen molar-refractivity contribution in [3.8, 4) is 0 Å². The molecule has 0 aromatic heterocycles. The summed E-state index contributed by atoms with van der Waals surface area (Å²) >= 11 is -1.35. The zero-order chi connectivity index (χ0) is 9.97. The highest BCUT2D eigenvalue weighted by molar-refractivity contribution is 7.80. The van der Waals surface area contributed by atoms with E-state index in [0.29, 0.717) is 4.90 Å². The van der Waals surface area contributed by atoms with E-state index in [-0.39, 0.29) is 0 Å². The first-order chi connectivity index (χ1) is 6.81. The van der Waals surface area contributed by atoms with Gasteiger partial charge >= 0.3 is 0 Å². The maximum Gasteiger partial charge on any atom is 0.188 e. The number of fused-ring (bicyclic) bond motifs is 1. The molecule has 72 valence electrons. The van der Waals surface area contributed by atoms with E-state index in [2.05, 4.69) is 0 Å². The zero-order valence-corrected chi connectivity index (χ0v) is 8.58. The van der Waals surface area contributed by atoms with Gasteiger partial charge in [0.1, 0.15) is 0 Å².